The summed E-state index contributed by atoms with van der Waals surface area (Å²) in [6, 6.07) is 6.81. The van der Waals surface area contributed by atoms with E-state index in [4.69, 9.17) is 5.73 Å². The number of nitrogens with two attached hydrogens (primary N) is 1. The Morgan fingerprint density at radius 3 is 2.72 bits per heavy atom. The predicted octanol–water partition coefficient (Wildman–Crippen LogP) is 1.65. The highest BCUT2D eigenvalue weighted by Crippen LogP contribution is 2.21. The smallest absolute Gasteiger partial charge is 0.321 e. The Balaban J connectivity index is 1.97. The van der Waals surface area contributed by atoms with E-state index in [0.717, 1.165) is 12.8 Å². The Bertz CT molecular complexity index is 428. The number of β-amino-alcohol motifs (C(OH)–C–C–N with tert-alkyl or cyclic N) is 1. The topological polar surface area (TPSA) is 78.6 Å². The molecule has 1 saturated heterocycles. The SMILES string of the molecule is CC1(O)CCCN(C(=O)Nc2ccc(N)cc2)C1. The van der Waals surface area contributed by atoms with Crippen molar-refractivity contribution in [2.75, 3.05) is 24.1 Å². The number of nitrogens with one attached hydrogen (secondary N) is 1. The highest BCUT2D eigenvalue weighted by molar-refractivity contribution is 5.89. The van der Waals surface area contributed by atoms with E-state index in [0.29, 0.717) is 24.5 Å². The molecule has 1 aromatic rings. The number of hydrogen-bond acceptors (Lipinski definition) is 3. The van der Waals surface area contributed by atoms with Gasteiger partial charge in [0.15, 0.2) is 0 Å². The van der Waals surface area contributed by atoms with Crippen LogP contribution in [-0.2, 0) is 0 Å². The van der Waals surface area contributed by atoms with Crippen molar-refractivity contribution in [3.05, 3.63) is 24.3 Å². The summed E-state index contributed by atoms with van der Waals surface area (Å²) in [5.41, 5.74) is 6.17. The van der Waals surface area contributed by atoms with Crippen LogP contribution in [0.15, 0.2) is 24.3 Å². The van der Waals surface area contributed by atoms with E-state index in [1.54, 1.807) is 36.1 Å². The number of carbonyl (C=O) groups excluding carboxylic acids is 1. The second-order valence-electron chi connectivity index (χ2n) is 5.07. The molecule has 0 aromatic heterocycles. The third-order valence-corrected chi connectivity index (χ3v) is 3.12. The quantitative estimate of drug-likeness (QED) is 0.662. The molecule has 2 amide bonds. The molecule has 98 valence electrons. The third-order valence-electron chi connectivity index (χ3n) is 3.12. The fourth-order valence-corrected chi connectivity index (χ4v) is 2.16. The minimum Gasteiger partial charge on any atom is -0.399 e. The van der Waals surface area contributed by atoms with Crippen LogP contribution in [0.1, 0.15) is 19.8 Å². The van der Waals surface area contributed by atoms with Gasteiger partial charge in [-0.2, -0.15) is 0 Å². The summed E-state index contributed by atoms with van der Waals surface area (Å²) in [6.07, 6.45) is 1.56. The number of urea groups is 1. The van der Waals surface area contributed by atoms with Gasteiger partial charge in [-0.15, -0.1) is 0 Å². The molecule has 1 unspecified atom stereocenters. The van der Waals surface area contributed by atoms with Crippen LogP contribution in [0, 0.1) is 0 Å². The van der Waals surface area contributed by atoms with E-state index >= 15 is 0 Å². The first kappa shape index (κ1) is 12.7. The zero-order valence-electron chi connectivity index (χ0n) is 10.5. The fraction of sp³-hybridized carbons (Fsp3) is 0.462. The first-order valence-electron chi connectivity index (χ1n) is 6.10. The number of nitrogen functional groups attached to an aromatic ring is 1. The van der Waals surface area contributed by atoms with Crippen LogP contribution in [0.2, 0.25) is 0 Å². The van der Waals surface area contributed by atoms with Crippen molar-refractivity contribution >= 4 is 17.4 Å². The summed E-state index contributed by atoms with van der Waals surface area (Å²) in [5, 5.41) is 12.8. The van der Waals surface area contributed by atoms with E-state index in [1.165, 1.54) is 0 Å². The van der Waals surface area contributed by atoms with Crippen LogP contribution >= 0.6 is 0 Å². The number of carbonyl (C=O) groups is 1. The normalized spacial score (nSPS) is 23.8. The summed E-state index contributed by atoms with van der Waals surface area (Å²) in [6.45, 7) is 2.81. The molecule has 5 nitrogen and oxygen atoms in total. The highest BCUT2D eigenvalue weighted by Gasteiger charge is 2.30. The average molecular weight is 249 g/mol. The number of likely N-dealkylation sites (tertiary alicyclic amines) is 1. The Labute approximate surface area is 107 Å². The molecule has 1 heterocycles. The summed E-state index contributed by atoms with van der Waals surface area (Å²) in [7, 11) is 0. The van der Waals surface area contributed by atoms with E-state index in [2.05, 4.69) is 5.32 Å². The molecule has 4 N–H and O–H groups in total. The number of aliphatic hydroxyl groups is 1. The number of rotatable bonds is 1. The van der Waals surface area contributed by atoms with Crippen molar-refractivity contribution in [2.24, 2.45) is 0 Å². The van der Waals surface area contributed by atoms with Gasteiger partial charge in [0.25, 0.3) is 0 Å². The Kier molecular flexibility index (Phi) is 3.43. The van der Waals surface area contributed by atoms with Gasteiger partial charge < -0.3 is 21.1 Å². The molecule has 0 saturated carbocycles. The number of piperidine rings is 1. The van der Waals surface area contributed by atoms with Gasteiger partial charge in [-0.05, 0) is 44.0 Å². The number of anilines is 2. The van der Waals surface area contributed by atoms with Gasteiger partial charge in [0, 0.05) is 17.9 Å². The van der Waals surface area contributed by atoms with Gasteiger partial charge >= 0.3 is 6.03 Å². The Morgan fingerprint density at radius 2 is 2.11 bits per heavy atom. The zero-order valence-corrected chi connectivity index (χ0v) is 10.5. The highest BCUT2D eigenvalue weighted by atomic mass is 16.3. The van der Waals surface area contributed by atoms with Crippen molar-refractivity contribution in [2.45, 2.75) is 25.4 Å². The number of benzene rings is 1. The molecule has 0 radical (unpaired) electrons. The van der Waals surface area contributed by atoms with Crippen molar-refractivity contribution < 1.29 is 9.90 Å². The van der Waals surface area contributed by atoms with Crippen LogP contribution in [0.3, 0.4) is 0 Å². The molecule has 1 aliphatic rings. The van der Waals surface area contributed by atoms with Gasteiger partial charge in [0.2, 0.25) is 0 Å². The summed E-state index contributed by atoms with van der Waals surface area (Å²) < 4.78 is 0. The molecule has 0 aliphatic carbocycles. The molecular formula is C13H19N3O2. The minimum absolute atomic E-state index is 0.181. The van der Waals surface area contributed by atoms with Crippen molar-refractivity contribution in [1.29, 1.82) is 0 Å². The van der Waals surface area contributed by atoms with Crippen molar-refractivity contribution in [3.8, 4) is 0 Å². The Hall–Kier alpha value is -1.75. The monoisotopic (exact) mass is 249 g/mol. The van der Waals surface area contributed by atoms with Crippen molar-refractivity contribution in [1.82, 2.24) is 4.90 Å². The van der Waals surface area contributed by atoms with E-state index < -0.39 is 5.60 Å². The third kappa shape index (κ3) is 3.13. The largest absolute Gasteiger partial charge is 0.399 e. The molecule has 1 fully saturated rings. The first-order valence-corrected chi connectivity index (χ1v) is 6.10. The van der Waals surface area contributed by atoms with E-state index in [9.17, 15) is 9.90 Å². The van der Waals surface area contributed by atoms with Gasteiger partial charge in [-0.25, -0.2) is 4.79 Å². The van der Waals surface area contributed by atoms with Gasteiger partial charge in [-0.1, -0.05) is 0 Å². The standard InChI is InChI=1S/C13H19N3O2/c1-13(18)7-2-8-16(9-13)12(17)15-11-5-3-10(14)4-6-11/h3-6,18H,2,7-9,14H2,1H3,(H,15,17). The number of hydrogen-bond donors (Lipinski definition) is 3. The molecule has 1 aliphatic heterocycles. The molecule has 18 heavy (non-hydrogen) atoms. The maximum atomic E-state index is 12.0. The lowest BCUT2D eigenvalue weighted by Gasteiger charge is -2.36. The lowest BCUT2D eigenvalue weighted by Crippen LogP contribution is -2.49. The minimum atomic E-state index is -0.781. The molecular weight excluding hydrogens is 230 g/mol. The first-order chi connectivity index (χ1) is 8.46. The molecule has 1 aromatic carbocycles. The number of nitrogens with zero attached hydrogens (tertiary/aromatic N) is 1. The van der Waals surface area contributed by atoms with Crippen LogP contribution in [0.25, 0.3) is 0 Å². The molecule has 5 heteroatoms. The molecule has 0 bridgehead atoms. The predicted molar refractivity (Wildman–Crippen MR) is 71.3 cm³/mol. The van der Waals surface area contributed by atoms with Gasteiger partial charge in [0.05, 0.1) is 12.1 Å². The summed E-state index contributed by atoms with van der Waals surface area (Å²) in [5.74, 6) is 0. The van der Waals surface area contributed by atoms with Crippen LogP contribution in [-0.4, -0.2) is 34.7 Å². The maximum absolute atomic E-state index is 12.0. The molecule has 1 atom stereocenters. The van der Waals surface area contributed by atoms with E-state index in [-0.39, 0.29) is 6.03 Å². The van der Waals surface area contributed by atoms with Crippen LogP contribution < -0.4 is 11.1 Å². The van der Waals surface area contributed by atoms with Gasteiger partial charge in [0.1, 0.15) is 0 Å². The summed E-state index contributed by atoms with van der Waals surface area (Å²) in [4.78, 5) is 13.7. The molecule has 2 rings (SSSR count). The second-order valence-corrected chi connectivity index (χ2v) is 5.07. The lowest BCUT2D eigenvalue weighted by molar-refractivity contribution is -0.000634. The summed E-state index contributed by atoms with van der Waals surface area (Å²) >= 11 is 0. The molecule has 0 spiro atoms. The lowest BCUT2D eigenvalue weighted by atomic mass is 9.95. The van der Waals surface area contributed by atoms with Crippen LogP contribution in [0.4, 0.5) is 16.2 Å². The second kappa shape index (κ2) is 4.86. The average Bonchev–Trinajstić information content (AvgIpc) is 2.31. The zero-order chi connectivity index (χ0) is 13.2. The Morgan fingerprint density at radius 1 is 1.44 bits per heavy atom. The fourth-order valence-electron chi connectivity index (χ4n) is 2.16. The van der Waals surface area contributed by atoms with Crippen molar-refractivity contribution in [3.63, 3.8) is 0 Å². The van der Waals surface area contributed by atoms with E-state index in [1.807, 2.05) is 0 Å². The number of amides is 2. The maximum Gasteiger partial charge on any atom is 0.321 e. The van der Waals surface area contributed by atoms with Gasteiger partial charge in [-0.3, -0.25) is 0 Å². The van der Waals surface area contributed by atoms with Crippen LogP contribution in [0.5, 0.6) is 0 Å².